The van der Waals surface area contributed by atoms with Crippen molar-refractivity contribution in [2.24, 2.45) is 0 Å². The van der Waals surface area contributed by atoms with E-state index in [1.54, 1.807) is 0 Å². The molecule has 0 fully saturated rings. The van der Waals surface area contributed by atoms with Gasteiger partial charge in [-0.3, -0.25) is 0 Å². The fourth-order valence-corrected chi connectivity index (χ4v) is 1.56. The molecule has 15 heavy (non-hydrogen) atoms. The van der Waals surface area contributed by atoms with E-state index >= 15 is 0 Å². The summed E-state index contributed by atoms with van der Waals surface area (Å²) >= 11 is 0. The number of rotatable bonds is 2. The Morgan fingerprint density at radius 1 is 1.53 bits per heavy atom. The number of hydrogen-bond acceptors (Lipinski definition) is 3. The lowest BCUT2D eigenvalue weighted by Crippen LogP contribution is -2.22. The summed E-state index contributed by atoms with van der Waals surface area (Å²) in [5.41, 5.74) is 1.67. The lowest BCUT2D eigenvalue weighted by Gasteiger charge is -2.25. The predicted octanol–water partition coefficient (Wildman–Crippen LogP) is 1.76. The molecule has 0 unspecified atom stereocenters. The lowest BCUT2D eigenvalue weighted by molar-refractivity contribution is -0.138. The number of fused-ring (bicyclic) bond motifs is 1. The van der Waals surface area contributed by atoms with Crippen LogP contribution in [0, 0.1) is 0 Å². The minimum Gasteiger partial charge on any atom is -0.462 e. The van der Waals surface area contributed by atoms with Crippen LogP contribution in [0.3, 0.4) is 0 Å². The Kier molecular flexibility index (Phi) is 2.72. The van der Waals surface area contributed by atoms with Crippen LogP contribution in [0.2, 0.25) is 0 Å². The second kappa shape index (κ2) is 4.17. The van der Waals surface area contributed by atoms with Gasteiger partial charge in [0, 0.05) is 18.4 Å². The molecule has 3 nitrogen and oxygen atoms in total. The lowest BCUT2D eigenvalue weighted by atomic mass is 10.1. The predicted molar refractivity (Wildman–Crippen MR) is 57.8 cm³/mol. The summed E-state index contributed by atoms with van der Waals surface area (Å²) in [7, 11) is 0. The van der Waals surface area contributed by atoms with Crippen molar-refractivity contribution in [2.45, 2.75) is 6.92 Å². The van der Waals surface area contributed by atoms with Gasteiger partial charge in [0.2, 0.25) is 0 Å². The molecule has 0 bridgehead atoms. The number of ether oxygens (including phenoxy) is 1. The molecule has 2 aliphatic rings. The molecule has 3 heteroatoms. The minimum atomic E-state index is -0.243. The average Bonchev–Trinajstić information content (AvgIpc) is 2.29. The summed E-state index contributed by atoms with van der Waals surface area (Å²) in [5.74, 6) is -0.243. The average molecular weight is 203 g/mol. The zero-order chi connectivity index (χ0) is 10.7. The maximum Gasteiger partial charge on any atom is 0.337 e. The van der Waals surface area contributed by atoms with Gasteiger partial charge in [-0.25, -0.2) is 4.79 Å². The molecule has 0 saturated carbocycles. The van der Waals surface area contributed by atoms with Gasteiger partial charge in [0.15, 0.2) is 0 Å². The van der Waals surface area contributed by atoms with E-state index in [0.717, 1.165) is 12.2 Å². The molecule has 2 aliphatic heterocycles. The Balaban J connectivity index is 2.15. The standard InChI is InChI=1S/C12H13NO2/c1-2-15-12(14)10-6-8-13-7-4-3-5-11(13)9-10/h3-7,9H,2,8H2,1H3. The molecule has 0 aliphatic carbocycles. The van der Waals surface area contributed by atoms with Gasteiger partial charge in [0.05, 0.1) is 12.2 Å². The van der Waals surface area contributed by atoms with Crippen molar-refractivity contribution < 1.29 is 9.53 Å². The zero-order valence-corrected chi connectivity index (χ0v) is 8.64. The Bertz CT molecular complexity index is 388. The third-order valence-corrected chi connectivity index (χ3v) is 2.30. The van der Waals surface area contributed by atoms with Crippen LogP contribution >= 0.6 is 0 Å². The first kappa shape index (κ1) is 9.77. The monoisotopic (exact) mass is 203 g/mol. The van der Waals surface area contributed by atoms with Crippen molar-refractivity contribution >= 4 is 5.97 Å². The molecule has 0 aromatic rings. The molecular weight excluding hydrogens is 190 g/mol. The zero-order valence-electron chi connectivity index (χ0n) is 8.64. The van der Waals surface area contributed by atoms with E-state index in [4.69, 9.17) is 4.74 Å². The van der Waals surface area contributed by atoms with E-state index < -0.39 is 0 Å². The summed E-state index contributed by atoms with van der Waals surface area (Å²) in [6.07, 6.45) is 11.6. The minimum absolute atomic E-state index is 0.243. The smallest absolute Gasteiger partial charge is 0.337 e. The van der Waals surface area contributed by atoms with E-state index in [0.29, 0.717) is 12.2 Å². The molecule has 0 N–H and O–H groups in total. The maximum absolute atomic E-state index is 11.5. The van der Waals surface area contributed by atoms with E-state index in [9.17, 15) is 4.79 Å². The van der Waals surface area contributed by atoms with Gasteiger partial charge in [0.1, 0.15) is 0 Å². The van der Waals surface area contributed by atoms with Crippen molar-refractivity contribution in [3.8, 4) is 0 Å². The fraction of sp³-hybridized carbons (Fsp3) is 0.250. The second-order valence-corrected chi connectivity index (χ2v) is 3.30. The summed E-state index contributed by atoms with van der Waals surface area (Å²) in [6.45, 7) is 2.95. The first-order chi connectivity index (χ1) is 7.31. The third kappa shape index (κ3) is 2.01. The summed E-state index contributed by atoms with van der Waals surface area (Å²) in [6, 6.07) is 0. The number of hydrogen-bond donors (Lipinski definition) is 0. The van der Waals surface area contributed by atoms with Crippen LogP contribution in [0.4, 0.5) is 0 Å². The quantitative estimate of drug-likeness (QED) is 0.640. The highest BCUT2D eigenvalue weighted by Crippen LogP contribution is 2.20. The number of allylic oxidation sites excluding steroid dienone is 3. The molecule has 0 aromatic heterocycles. The molecule has 0 amide bonds. The van der Waals surface area contributed by atoms with Gasteiger partial charge >= 0.3 is 5.97 Å². The number of carbonyl (C=O) groups excluding carboxylic acids is 1. The largest absolute Gasteiger partial charge is 0.462 e. The Morgan fingerprint density at radius 2 is 2.40 bits per heavy atom. The van der Waals surface area contributed by atoms with Crippen LogP contribution in [-0.2, 0) is 9.53 Å². The fourth-order valence-electron chi connectivity index (χ4n) is 1.56. The molecule has 0 spiro atoms. The normalized spacial score (nSPS) is 18.1. The Labute approximate surface area is 89.0 Å². The SMILES string of the molecule is CCOC(=O)C1=CCN2C=CC=CC2=C1. The molecule has 0 atom stereocenters. The Hall–Kier alpha value is -1.77. The van der Waals surface area contributed by atoms with Crippen molar-refractivity contribution in [1.29, 1.82) is 0 Å². The third-order valence-electron chi connectivity index (χ3n) is 2.30. The van der Waals surface area contributed by atoms with Gasteiger partial charge < -0.3 is 9.64 Å². The molecule has 0 aromatic carbocycles. The first-order valence-electron chi connectivity index (χ1n) is 5.02. The maximum atomic E-state index is 11.5. The van der Waals surface area contributed by atoms with Crippen molar-refractivity contribution in [3.63, 3.8) is 0 Å². The highest BCUT2D eigenvalue weighted by molar-refractivity contribution is 5.92. The van der Waals surface area contributed by atoms with Gasteiger partial charge in [-0.15, -0.1) is 0 Å². The number of esters is 1. The topological polar surface area (TPSA) is 29.5 Å². The van der Waals surface area contributed by atoms with E-state index in [2.05, 4.69) is 4.90 Å². The summed E-state index contributed by atoms with van der Waals surface area (Å²) in [4.78, 5) is 13.5. The molecule has 2 heterocycles. The van der Waals surface area contributed by atoms with Crippen LogP contribution in [0.15, 0.2) is 47.9 Å². The Morgan fingerprint density at radius 3 is 3.20 bits per heavy atom. The summed E-state index contributed by atoms with van der Waals surface area (Å²) < 4.78 is 4.95. The molecule has 0 saturated heterocycles. The van der Waals surface area contributed by atoms with E-state index in [1.807, 2.05) is 43.5 Å². The molecule has 2 rings (SSSR count). The highest BCUT2D eigenvalue weighted by atomic mass is 16.5. The molecule has 0 radical (unpaired) electrons. The van der Waals surface area contributed by atoms with Crippen molar-refractivity contribution in [3.05, 3.63) is 47.9 Å². The number of nitrogens with zero attached hydrogens (tertiary/aromatic N) is 1. The van der Waals surface area contributed by atoms with E-state index in [1.165, 1.54) is 0 Å². The van der Waals surface area contributed by atoms with Crippen LogP contribution in [0.25, 0.3) is 0 Å². The molecule has 78 valence electrons. The van der Waals surface area contributed by atoms with Gasteiger partial charge in [-0.05, 0) is 25.2 Å². The second-order valence-electron chi connectivity index (χ2n) is 3.30. The van der Waals surface area contributed by atoms with Crippen LogP contribution in [0.5, 0.6) is 0 Å². The van der Waals surface area contributed by atoms with Crippen LogP contribution < -0.4 is 0 Å². The first-order valence-corrected chi connectivity index (χ1v) is 5.02. The van der Waals surface area contributed by atoms with Gasteiger partial charge in [0.25, 0.3) is 0 Å². The van der Waals surface area contributed by atoms with Crippen LogP contribution in [-0.4, -0.2) is 24.0 Å². The van der Waals surface area contributed by atoms with Crippen LogP contribution in [0.1, 0.15) is 6.92 Å². The molecular formula is C12H13NO2. The van der Waals surface area contributed by atoms with E-state index in [-0.39, 0.29) is 5.97 Å². The highest BCUT2D eigenvalue weighted by Gasteiger charge is 2.16. The number of carbonyl (C=O) groups is 1. The van der Waals surface area contributed by atoms with Crippen molar-refractivity contribution in [2.75, 3.05) is 13.2 Å². The van der Waals surface area contributed by atoms with Crippen molar-refractivity contribution in [1.82, 2.24) is 4.90 Å². The van der Waals surface area contributed by atoms with Gasteiger partial charge in [-0.2, -0.15) is 0 Å². The van der Waals surface area contributed by atoms with Gasteiger partial charge in [-0.1, -0.05) is 12.2 Å². The summed E-state index contributed by atoms with van der Waals surface area (Å²) in [5, 5.41) is 0.